The SMILES string of the molecule is C[C@H](O)CN1CCN(c2ccnc(-c3ccccc3)n2)C[C@@H]1C. The standard InChI is InChI=1S/C18H24N4O/c1-14-12-22(11-10-21(14)13-15(2)23)17-8-9-19-18(20-17)16-6-4-3-5-7-16/h3-9,14-15,23H,10-13H2,1-2H3/t14-,15-/m0/s1. The lowest BCUT2D eigenvalue weighted by molar-refractivity contribution is 0.0959. The molecule has 2 aromatic rings. The van der Waals surface area contributed by atoms with Gasteiger partial charge in [0.25, 0.3) is 0 Å². The number of hydrogen-bond donors (Lipinski definition) is 1. The molecule has 1 aromatic carbocycles. The van der Waals surface area contributed by atoms with Crippen molar-refractivity contribution in [1.29, 1.82) is 0 Å². The third-order valence-electron chi connectivity index (χ3n) is 4.26. The molecule has 0 aliphatic carbocycles. The summed E-state index contributed by atoms with van der Waals surface area (Å²) in [6.45, 7) is 7.55. The molecular formula is C18H24N4O. The lowest BCUT2D eigenvalue weighted by Crippen LogP contribution is -2.53. The molecule has 0 unspecified atom stereocenters. The molecule has 122 valence electrons. The molecule has 0 saturated carbocycles. The van der Waals surface area contributed by atoms with Gasteiger partial charge in [0.1, 0.15) is 5.82 Å². The van der Waals surface area contributed by atoms with Crippen LogP contribution in [0, 0.1) is 0 Å². The molecule has 23 heavy (non-hydrogen) atoms. The zero-order valence-corrected chi connectivity index (χ0v) is 13.8. The minimum atomic E-state index is -0.285. The highest BCUT2D eigenvalue weighted by Crippen LogP contribution is 2.20. The van der Waals surface area contributed by atoms with Crippen molar-refractivity contribution in [1.82, 2.24) is 14.9 Å². The van der Waals surface area contributed by atoms with E-state index in [1.165, 1.54) is 0 Å². The second-order valence-electron chi connectivity index (χ2n) is 6.24. The van der Waals surface area contributed by atoms with E-state index in [0.29, 0.717) is 6.04 Å². The van der Waals surface area contributed by atoms with Crippen molar-refractivity contribution in [3.05, 3.63) is 42.6 Å². The van der Waals surface area contributed by atoms with Crippen molar-refractivity contribution >= 4 is 5.82 Å². The topological polar surface area (TPSA) is 52.5 Å². The second-order valence-corrected chi connectivity index (χ2v) is 6.24. The number of aromatic nitrogens is 2. The van der Waals surface area contributed by atoms with Crippen LogP contribution >= 0.6 is 0 Å². The fourth-order valence-electron chi connectivity index (χ4n) is 3.07. The van der Waals surface area contributed by atoms with Crippen molar-refractivity contribution in [3.8, 4) is 11.4 Å². The molecule has 1 fully saturated rings. The maximum atomic E-state index is 9.59. The number of aliphatic hydroxyl groups excluding tert-OH is 1. The summed E-state index contributed by atoms with van der Waals surface area (Å²) in [4.78, 5) is 13.8. The Balaban J connectivity index is 1.73. The maximum absolute atomic E-state index is 9.59. The molecule has 1 aromatic heterocycles. The van der Waals surface area contributed by atoms with E-state index in [4.69, 9.17) is 4.98 Å². The molecule has 0 bridgehead atoms. The molecule has 0 amide bonds. The average molecular weight is 312 g/mol. The van der Waals surface area contributed by atoms with Gasteiger partial charge < -0.3 is 10.0 Å². The number of benzene rings is 1. The summed E-state index contributed by atoms with van der Waals surface area (Å²) in [6, 6.07) is 12.4. The monoisotopic (exact) mass is 312 g/mol. The van der Waals surface area contributed by atoms with Gasteiger partial charge in [-0.3, -0.25) is 4.90 Å². The van der Waals surface area contributed by atoms with E-state index in [1.54, 1.807) is 0 Å². The first-order valence-corrected chi connectivity index (χ1v) is 8.19. The third-order valence-corrected chi connectivity index (χ3v) is 4.26. The average Bonchev–Trinajstić information content (AvgIpc) is 2.57. The molecule has 0 radical (unpaired) electrons. The summed E-state index contributed by atoms with van der Waals surface area (Å²) in [5, 5.41) is 9.59. The quantitative estimate of drug-likeness (QED) is 0.936. The van der Waals surface area contributed by atoms with Crippen LogP contribution in [0.1, 0.15) is 13.8 Å². The molecule has 1 saturated heterocycles. The van der Waals surface area contributed by atoms with Crippen LogP contribution in [0.5, 0.6) is 0 Å². The fourth-order valence-corrected chi connectivity index (χ4v) is 3.07. The van der Waals surface area contributed by atoms with Gasteiger partial charge >= 0.3 is 0 Å². The van der Waals surface area contributed by atoms with Gasteiger partial charge in [-0.1, -0.05) is 30.3 Å². The second kappa shape index (κ2) is 7.06. The predicted molar refractivity (Wildman–Crippen MR) is 92.4 cm³/mol. The molecular weight excluding hydrogens is 288 g/mol. The maximum Gasteiger partial charge on any atom is 0.161 e. The Morgan fingerprint density at radius 2 is 2.00 bits per heavy atom. The molecule has 2 atom stereocenters. The van der Waals surface area contributed by atoms with Crippen LogP contribution in [0.25, 0.3) is 11.4 Å². The number of rotatable bonds is 4. The molecule has 1 N–H and O–H groups in total. The minimum Gasteiger partial charge on any atom is -0.392 e. The van der Waals surface area contributed by atoms with Gasteiger partial charge in [0.05, 0.1) is 6.10 Å². The summed E-state index contributed by atoms with van der Waals surface area (Å²) in [5.41, 5.74) is 1.04. The zero-order valence-electron chi connectivity index (χ0n) is 13.8. The van der Waals surface area contributed by atoms with Gasteiger partial charge in [-0.25, -0.2) is 9.97 Å². The Kier molecular flexibility index (Phi) is 4.88. The van der Waals surface area contributed by atoms with E-state index in [0.717, 1.165) is 43.4 Å². The highest BCUT2D eigenvalue weighted by Gasteiger charge is 2.25. The van der Waals surface area contributed by atoms with Gasteiger partial charge in [-0.05, 0) is 19.9 Å². The summed E-state index contributed by atoms with van der Waals surface area (Å²) < 4.78 is 0. The van der Waals surface area contributed by atoms with Crippen molar-refractivity contribution < 1.29 is 5.11 Å². The molecule has 1 aliphatic rings. The lowest BCUT2D eigenvalue weighted by atomic mass is 10.1. The molecule has 5 heteroatoms. The lowest BCUT2D eigenvalue weighted by Gasteiger charge is -2.40. The zero-order chi connectivity index (χ0) is 16.2. The highest BCUT2D eigenvalue weighted by atomic mass is 16.3. The first-order chi connectivity index (χ1) is 11.1. The van der Waals surface area contributed by atoms with Gasteiger partial charge in [0.2, 0.25) is 0 Å². The summed E-state index contributed by atoms with van der Waals surface area (Å²) in [7, 11) is 0. The number of hydrogen-bond acceptors (Lipinski definition) is 5. The summed E-state index contributed by atoms with van der Waals surface area (Å²) in [5.74, 6) is 1.74. The fraction of sp³-hybridized carbons (Fsp3) is 0.444. The number of nitrogens with zero attached hydrogens (tertiary/aromatic N) is 4. The van der Waals surface area contributed by atoms with Crippen LogP contribution in [0.2, 0.25) is 0 Å². The number of piperazine rings is 1. The Hall–Kier alpha value is -1.98. The van der Waals surface area contributed by atoms with Crippen LogP contribution in [-0.4, -0.2) is 58.3 Å². The van der Waals surface area contributed by atoms with Crippen molar-refractivity contribution in [2.75, 3.05) is 31.1 Å². The Bertz CT molecular complexity index is 632. The van der Waals surface area contributed by atoms with Crippen LogP contribution in [0.4, 0.5) is 5.82 Å². The van der Waals surface area contributed by atoms with Gasteiger partial charge in [0, 0.05) is 44.0 Å². The minimum absolute atomic E-state index is 0.285. The Morgan fingerprint density at radius 1 is 1.22 bits per heavy atom. The number of aliphatic hydroxyl groups is 1. The van der Waals surface area contributed by atoms with Crippen LogP contribution in [0.15, 0.2) is 42.6 Å². The predicted octanol–water partition coefficient (Wildman–Crippen LogP) is 2.03. The van der Waals surface area contributed by atoms with Gasteiger partial charge in [-0.15, -0.1) is 0 Å². The van der Waals surface area contributed by atoms with E-state index in [2.05, 4.69) is 21.7 Å². The highest BCUT2D eigenvalue weighted by molar-refractivity contribution is 5.57. The normalized spacial score (nSPS) is 20.5. The van der Waals surface area contributed by atoms with E-state index in [9.17, 15) is 5.11 Å². The van der Waals surface area contributed by atoms with E-state index >= 15 is 0 Å². The molecule has 3 rings (SSSR count). The molecule has 2 heterocycles. The summed E-state index contributed by atoms with van der Waals surface area (Å²) in [6.07, 6.45) is 1.55. The van der Waals surface area contributed by atoms with Crippen molar-refractivity contribution in [3.63, 3.8) is 0 Å². The van der Waals surface area contributed by atoms with E-state index in [-0.39, 0.29) is 6.10 Å². The van der Waals surface area contributed by atoms with E-state index in [1.807, 2.05) is 49.5 Å². The Morgan fingerprint density at radius 3 is 2.70 bits per heavy atom. The third kappa shape index (κ3) is 3.86. The number of β-amino-alcohol motifs (C(OH)–C–C–N with tert-alkyl or cyclic N) is 1. The van der Waals surface area contributed by atoms with Crippen molar-refractivity contribution in [2.24, 2.45) is 0 Å². The van der Waals surface area contributed by atoms with Crippen LogP contribution < -0.4 is 4.90 Å². The van der Waals surface area contributed by atoms with E-state index < -0.39 is 0 Å². The molecule has 1 aliphatic heterocycles. The molecule has 0 spiro atoms. The van der Waals surface area contributed by atoms with Crippen molar-refractivity contribution in [2.45, 2.75) is 26.0 Å². The number of anilines is 1. The first-order valence-electron chi connectivity index (χ1n) is 8.19. The van der Waals surface area contributed by atoms with Gasteiger partial charge in [0.15, 0.2) is 5.82 Å². The smallest absolute Gasteiger partial charge is 0.161 e. The van der Waals surface area contributed by atoms with Crippen LogP contribution in [0.3, 0.4) is 0 Å². The first kappa shape index (κ1) is 15.9. The summed E-state index contributed by atoms with van der Waals surface area (Å²) >= 11 is 0. The Labute approximate surface area is 137 Å². The van der Waals surface area contributed by atoms with Gasteiger partial charge in [-0.2, -0.15) is 0 Å². The molecule has 5 nitrogen and oxygen atoms in total. The van der Waals surface area contributed by atoms with Crippen LogP contribution in [-0.2, 0) is 0 Å². The largest absolute Gasteiger partial charge is 0.392 e.